The molecule has 1 amide bonds. The SMILES string of the molecule is N#Cc1ccc(N2CCN(C(=O)Cn3cnnn3)CC2)nc1. The van der Waals surface area contributed by atoms with Crippen LogP contribution in [0.4, 0.5) is 5.82 Å². The molecule has 0 bridgehead atoms. The zero-order chi connectivity index (χ0) is 15.4. The Kier molecular flexibility index (Phi) is 3.91. The van der Waals surface area contributed by atoms with E-state index in [-0.39, 0.29) is 12.5 Å². The number of nitriles is 1. The first-order valence-electron chi connectivity index (χ1n) is 6.86. The van der Waals surface area contributed by atoms with E-state index in [9.17, 15) is 4.79 Å². The zero-order valence-electron chi connectivity index (χ0n) is 11.8. The Morgan fingerprint density at radius 2 is 2.09 bits per heavy atom. The first kappa shape index (κ1) is 13.9. The molecule has 0 unspecified atom stereocenters. The van der Waals surface area contributed by atoms with Crippen LogP contribution in [0.5, 0.6) is 0 Å². The Labute approximate surface area is 126 Å². The van der Waals surface area contributed by atoms with Crippen LogP contribution in [0, 0.1) is 11.3 Å². The maximum Gasteiger partial charge on any atom is 0.244 e. The molecule has 3 heterocycles. The van der Waals surface area contributed by atoms with Crippen molar-refractivity contribution in [3.8, 4) is 6.07 Å². The molecular weight excluding hydrogens is 284 g/mol. The van der Waals surface area contributed by atoms with Gasteiger partial charge in [-0.05, 0) is 22.6 Å². The molecular formula is C13H14N8O. The van der Waals surface area contributed by atoms with Gasteiger partial charge in [0.15, 0.2) is 0 Å². The van der Waals surface area contributed by atoms with Crippen molar-refractivity contribution in [2.24, 2.45) is 0 Å². The lowest BCUT2D eigenvalue weighted by molar-refractivity contribution is -0.132. The summed E-state index contributed by atoms with van der Waals surface area (Å²) in [7, 11) is 0. The van der Waals surface area contributed by atoms with Crippen molar-refractivity contribution in [2.75, 3.05) is 31.1 Å². The quantitative estimate of drug-likeness (QED) is 0.737. The highest BCUT2D eigenvalue weighted by Crippen LogP contribution is 2.14. The first-order valence-corrected chi connectivity index (χ1v) is 6.86. The molecule has 0 radical (unpaired) electrons. The molecule has 0 N–H and O–H groups in total. The van der Waals surface area contributed by atoms with Gasteiger partial charge < -0.3 is 9.80 Å². The molecule has 1 fully saturated rings. The van der Waals surface area contributed by atoms with Gasteiger partial charge in [-0.15, -0.1) is 5.10 Å². The summed E-state index contributed by atoms with van der Waals surface area (Å²) in [4.78, 5) is 20.3. The Balaban J connectivity index is 1.55. The minimum absolute atomic E-state index is 0.000243. The highest BCUT2D eigenvalue weighted by atomic mass is 16.2. The van der Waals surface area contributed by atoms with Crippen molar-refractivity contribution in [3.63, 3.8) is 0 Å². The Morgan fingerprint density at radius 3 is 2.68 bits per heavy atom. The number of rotatable bonds is 3. The average Bonchev–Trinajstić information content (AvgIpc) is 3.08. The van der Waals surface area contributed by atoms with Gasteiger partial charge in [-0.25, -0.2) is 9.67 Å². The van der Waals surface area contributed by atoms with E-state index in [4.69, 9.17) is 5.26 Å². The van der Waals surface area contributed by atoms with Gasteiger partial charge in [0.05, 0.1) is 5.56 Å². The number of anilines is 1. The second-order valence-electron chi connectivity index (χ2n) is 4.89. The van der Waals surface area contributed by atoms with Gasteiger partial charge in [0.25, 0.3) is 0 Å². The summed E-state index contributed by atoms with van der Waals surface area (Å²) in [5.41, 5.74) is 0.541. The fraction of sp³-hybridized carbons (Fsp3) is 0.385. The summed E-state index contributed by atoms with van der Waals surface area (Å²) >= 11 is 0. The molecule has 0 atom stereocenters. The van der Waals surface area contributed by atoms with Crippen molar-refractivity contribution < 1.29 is 4.79 Å². The van der Waals surface area contributed by atoms with Crippen LogP contribution >= 0.6 is 0 Å². The van der Waals surface area contributed by atoms with Gasteiger partial charge in [0.2, 0.25) is 5.91 Å². The van der Waals surface area contributed by atoms with Gasteiger partial charge in [-0.2, -0.15) is 5.26 Å². The van der Waals surface area contributed by atoms with Gasteiger partial charge >= 0.3 is 0 Å². The van der Waals surface area contributed by atoms with E-state index in [1.807, 2.05) is 12.1 Å². The number of amides is 1. The third kappa shape index (κ3) is 3.01. The van der Waals surface area contributed by atoms with Crippen LogP contribution in [0.2, 0.25) is 0 Å². The summed E-state index contributed by atoms with van der Waals surface area (Å²) in [6, 6.07) is 5.63. The molecule has 22 heavy (non-hydrogen) atoms. The summed E-state index contributed by atoms with van der Waals surface area (Å²) in [5, 5.41) is 19.5. The van der Waals surface area contributed by atoms with E-state index >= 15 is 0 Å². The fourth-order valence-corrected chi connectivity index (χ4v) is 2.32. The number of aromatic nitrogens is 5. The van der Waals surface area contributed by atoms with Gasteiger partial charge in [-0.1, -0.05) is 0 Å². The molecule has 2 aromatic heterocycles. The maximum atomic E-state index is 12.1. The molecule has 3 rings (SSSR count). The third-order valence-corrected chi connectivity index (χ3v) is 3.52. The van der Waals surface area contributed by atoms with Crippen LogP contribution in [0.1, 0.15) is 5.56 Å². The Hall–Kier alpha value is -3.02. The second kappa shape index (κ2) is 6.17. The van der Waals surface area contributed by atoms with Crippen LogP contribution in [-0.4, -0.2) is 62.2 Å². The Bertz CT molecular complexity index is 667. The van der Waals surface area contributed by atoms with Crippen molar-refractivity contribution in [2.45, 2.75) is 6.54 Å². The van der Waals surface area contributed by atoms with Crippen LogP contribution < -0.4 is 4.90 Å². The van der Waals surface area contributed by atoms with Crippen LogP contribution in [0.3, 0.4) is 0 Å². The molecule has 1 aliphatic heterocycles. The van der Waals surface area contributed by atoms with E-state index < -0.39 is 0 Å². The number of pyridine rings is 1. The number of tetrazole rings is 1. The third-order valence-electron chi connectivity index (χ3n) is 3.52. The molecule has 9 nitrogen and oxygen atoms in total. The summed E-state index contributed by atoms with van der Waals surface area (Å²) in [6.45, 7) is 2.83. The van der Waals surface area contributed by atoms with Crippen molar-refractivity contribution in [3.05, 3.63) is 30.2 Å². The van der Waals surface area contributed by atoms with Crippen molar-refractivity contribution >= 4 is 11.7 Å². The number of hydrogen-bond donors (Lipinski definition) is 0. The predicted molar refractivity (Wildman–Crippen MR) is 75.6 cm³/mol. The topological polar surface area (TPSA) is 104 Å². The summed E-state index contributed by atoms with van der Waals surface area (Å²) < 4.78 is 1.41. The minimum Gasteiger partial charge on any atom is -0.353 e. The van der Waals surface area contributed by atoms with E-state index in [1.54, 1.807) is 17.2 Å². The van der Waals surface area contributed by atoms with Crippen LogP contribution in [0.25, 0.3) is 0 Å². The van der Waals surface area contributed by atoms with Gasteiger partial charge in [-0.3, -0.25) is 4.79 Å². The second-order valence-corrected chi connectivity index (χ2v) is 4.89. The normalized spacial score (nSPS) is 14.7. The molecule has 0 aromatic carbocycles. The van der Waals surface area contributed by atoms with Crippen LogP contribution in [0.15, 0.2) is 24.7 Å². The van der Waals surface area contributed by atoms with E-state index in [0.29, 0.717) is 31.7 Å². The lowest BCUT2D eigenvalue weighted by Crippen LogP contribution is -2.49. The van der Waals surface area contributed by atoms with Gasteiger partial charge in [0.1, 0.15) is 24.8 Å². The van der Waals surface area contributed by atoms with Gasteiger partial charge in [0, 0.05) is 32.4 Å². The lowest BCUT2D eigenvalue weighted by atomic mass is 10.2. The number of piperazine rings is 1. The standard InChI is InChI=1S/C13H14N8O/c14-7-11-1-2-12(15-8-11)19-3-5-20(6-4-19)13(22)9-21-10-16-17-18-21/h1-2,8,10H,3-6,9H2. The molecule has 1 saturated heterocycles. The predicted octanol–water partition coefficient (Wildman–Crippen LogP) is -0.711. The number of carbonyl (C=O) groups is 1. The maximum absolute atomic E-state index is 12.1. The molecule has 0 aliphatic carbocycles. The van der Waals surface area contributed by atoms with E-state index in [1.165, 1.54) is 11.0 Å². The number of hydrogen-bond acceptors (Lipinski definition) is 7. The Morgan fingerprint density at radius 1 is 1.27 bits per heavy atom. The molecule has 1 aliphatic rings. The minimum atomic E-state index is -0.000243. The lowest BCUT2D eigenvalue weighted by Gasteiger charge is -2.35. The van der Waals surface area contributed by atoms with Crippen molar-refractivity contribution in [1.29, 1.82) is 5.26 Å². The smallest absolute Gasteiger partial charge is 0.244 e. The molecule has 2 aromatic rings. The number of carbonyl (C=O) groups excluding carboxylic acids is 1. The monoisotopic (exact) mass is 298 g/mol. The highest BCUT2D eigenvalue weighted by molar-refractivity contribution is 5.76. The molecule has 9 heteroatoms. The fourth-order valence-electron chi connectivity index (χ4n) is 2.32. The summed E-state index contributed by atoms with van der Waals surface area (Å²) in [6.07, 6.45) is 2.99. The zero-order valence-corrected chi connectivity index (χ0v) is 11.8. The van der Waals surface area contributed by atoms with E-state index in [2.05, 4.69) is 25.4 Å². The van der Waals surface area contributed by atoms with Crippen molar-refractivity contribution in [1.82, 2.24) is 30.1 Å². The van der Waals surface area contributed by atoms with E-state index in [0.717, 1.165) is 5.82 Å². The average molecular weight is 298 g/mol. The molecule has 0 saturated carbocycles. The summed E-state index contributed by atoms with van der Waals surface area (Å²) in [5.74, 6) is 0.825. The largest absolute Gasteiger partial charge is 0.353 e. The van der Waals surface area contributed by atoms with Crippen LogP contribution in [-0.2, 0) is 11.3 Å². The highest BCUT2D eigenvalue weighted by Gasteiger charge is 2.22. The first-order chi connectivity index (χ1) is 10.8. The molecule has 112 valence electrons. The number of nitrogens with zero attached hydrogens (tertiary/aromatic N) is 8. The molecule has 0 spiro atoms.